The van der Waals surface area contributed by atoms with Gasteiger partial charge in [0.25, 0.3) is 0 Å². The Morgan fingerprint density at radius 3 is 2.95 bits per heavy atom. The fourth-order valence-corrected chi connectivity index (χ4v) is 3.37. The molecule has 0 spiro atoms. The second-order valence-corrected chi connectivity index (χ2v) is 6.34. The van der Waals surface area contributed by atoms with Gasteiger partial charge in [0.1, 0.15) is 11.9 Å². The van der Waals surface area contributed by atoms with Crippen molar-refractivity contribution in [1.29, 1.82) is 0 Å². The van der Waals surface area contributed by atoms with Gasteiger partial charge < -0.3 is 9.84 Å². The standard InChI is InChI=1S/C18H28O2/c1-4-6-7-8-15(19)16-13-18(10-5-2)11-9-14(3)12-17(18)20-16/h7-9,11,14,17,19H,4-6,10,12-13H2,1-3H3/b8-7-,16-15-/t14?,17-,18-/m1/s1. The third kappa shape index (κ3) is 3.11. The molecule has 1 N–H and O–H groups in total. The summed E-state index contributed by atoms with van der Waals surface area (Å²) in [6, 6.07) is 0. The van der Waals surface area contributed by atoms with Crippen LogP contribution >= 0.6 is 0 Å². The Morgan fingerprint density at radius 1 is 1.45 bits per heavy atom. The van der Waals surface area contributed by atoms with Crippen LogP contribution in [0.2, 0.25) is 0 Å². The van der Waals surface area contributed by atoms with E-state index >= 15 is 0 Å². The van der Waals surface area contributed by atoms with Crippen LogP contribution in [-0.4, -0.2) is 11.2 Å². The largest absolute Gasteiger partial charge is 0.504 e. The first-order chi connectivity index (χ1) is 9.61. The molecule has 2 aliphatic rings. The van der Waals surface area contributed by atoms with Crippen molar-refractivity contribution in [2.24, 2.45) is 11.3 Å². The van der Waals surface area contributed by atoms with E-state index in [-0.39, 0.29) is 11.5 Å². The molecular weight excluding hydrogens is 248 g/mol. The first-order valence-electron chi connectivity index (χ1n) is 8.06. The number of aliphatic hydroxyl groups excluding tert-OH is 1. The smallest absolute Gasteiger partial charge is 0.152 e. The highest BCUT2D eigenvalue weighted by molar-refractivity contribution is 5.25. The molecule has 0 bridgehead atoms. The summed E-state index contributed by atoms with van der Waals surface area (Å²) in [5, 5.41) is 10.2. The average molecular weight is 276 g/mol. The van der Waals surface area contributed by atoms with E-state index < -0.39 is 0 Å². The SMILES string of the molecule is CCC/C=C\C(O)=C1/C[C@@]2(CCC)C=CC(C)C[C@H]2O1. The zero-order valence-corrected chi connectivity index (χ0v) is 13.1. The van der Waals surface area contributed by atoms with E-state index in [0.717, 1.165) is 44.3 Å². The van der Waals surface area contributed by atoms with Gasteiger partial charge in [-0.1, -0.05) is 51.8 Å². The van der Waals surface area contributed by atoms with Crippen molar-refractivity contribution in [2.45, 2.75) is 65.4 Å². The maximum absolute atomic E-state index is 10.2. The Balaban J connectivity index is 2.19. The molecule has 2 nitrogen and oxygen atoms in total. The highest BCUT2D eigenvalue weighted by atomic mass is 16.5. The summed E-state index contributed by atoms with van der Waals surface area (Å²) in [6.07, 6.45) is 15.0. The van der Waals surface area contributed by atoms with Gasteiger partial charge in [-0.25, -0.2) is 0 Å². The van der Waals surface area contributed by atoms with Gasteiger partial charge in [0.15, 0.2) is 5.76 Å². The van der Waals surface area contributed by atoms with Crippen molar-refractivity contribution in [2.75, 3.05) is 0 Å². The van der Waals surface area contributed by atoms with Crippen LogP contribution in [0.5, 0.6) is 0 Å². The molecule has 1 heterocycles. The first kappa shape index (κ1) is 15.2. The molecule has 2 rings (SSSR count). The lowest BCUT2D eigenvalue weighted by Crippen LogP contribution is -2.33. The van der Waals surface area contributed by atoms with Gasteiger partial charge in [0.2, 0.25) is 0 Å². The number of hydrogen-bond acceptors (Lipinski definition) is 2. The summed E-state index contributed by atoms with van der Waals surface area (Å²) < 4.78 is 6.11. The number of unbranched alkanes of at least 4 members (excludes halogenated alkanes) is 1. The number of rotatable bonds is 5. The Labute approximate surface area is 123 Å². The van der Waals surface area contributed by atoms with Crippen LogP contribution in [0.15, 0.2) is 35.8 Å². The average Bonchev–Trinajstić information content (AvgIpc) is 2.78. The third-order valence-corrected chi connectivity index (χ3v) is 4.49. The normalized spacial score (nSPS) is 35.1. The number of ether oxygens (including phenoxy) is 1. The predicted molar refractivity (Wildman–Crippen MR) is 83.5 cm³/mol. The molecule has 112 valence electrons. The summed E-state index contributed by atoms with van der Waals surface area (Å²) in [5.74, 6) is 1.68. The van der Waals surface area contributed by atoms with Crippen LogP contribution in [0.1, 0.15) is 59.3 Å². The lowest BCUT2D eigenvalue weighted by molar-refractivity contribution is 0.0650. The van der Waals surface area contributed by atoms with Crippen LogP contribution in [0, 0.1) is 11.3 Å². The van der Waals surface area contributed by atoms with E-state index in [9.17, 15) is 5.11 Å². The van der Waals surface area contributed by atoms with Gasteiger partial charge in [-0.05, 0) is 31.3 Å². The predicted octanol–water partition coefficient (Wildman–Crippen LogP) is 5.28. The van der Waals surface area contributed by atoms with Crippen molar-refractivity contribution in [1.82, 2.24) is 0 Å². The fraction of sp³-hybridized carbons (Fsp3) is 0.667. The molecule has 0 aromatic heterocycles. The maximum atomic E-state index is 10.2. The van der Waals surface area contributed by atoms with Crippen LogP contribution in [0.4, 0.5) is 0 Å². The van der Waals surface area contributed by atoms with Gasteiger partial charge in [-0.3, -0.25) is 0 Å². The van der Waals surface area contributed by atoms with Crippen LogP contribution in [0.3, 0.4) is 0 Å². The van der Waals surface area contributed by atoms with Crippen molar-refractivity contribution in [3.8, 4) is 0 Å². The Morgan fingerprint density at radius 2 is 2.25 bits per heavy atom. The molecule has 3 atom stereocenters. The minimum absolute atomic E-state index is 0.114. The molecule has 1 aliphatic carbocycles. The lowest BCUT2D eigenvalue weighted by Gasteiger charge is -2.34. The summed E-state index contributed by atoms with van der Waals surface area (Å²) in [5.41, 5.74) is 0.114. The second kappa shape index (κ2) is 6.51. The van der Waals surface area contributed by atoms with E-state index in [1.54, 1.807) is 0 Å². The molecule has 1 unspecified atom stereocenters. The first-order valence-corrected chi connectivity index (χ1v) is 8.06. The second-order valence-electron chi connectivity index (χ2n) is 6.34. The van der Waals surface area contributed by atoms with E-state index in [2.05, 4.69) is 32.9 Å². The number of hydrogen-bond donors (Lipinski definition) is 1. The van der Waals surface area contributed by atoms with E-state index in [1.165, 1.54) is 0 Å². The molecule has 20 heavy (non-hydrogen) atoms. The van der Waals surface area contributed by atoms with Crippen molar-refractivity contribution in [3.63, 3.8) is 0 Å². The summed E-state index contributed by atoms with van der Waals surface area (Å²) >= 11 is 0. The molecule has 1 fully saturated rings. The van der Waals surface area contributed by atoms with E-state index in [0.29, 0.717) is 11.7 Å². The molecule has 0 aromatic rings. The monoisotopic (exact) mass is 276 g/mol. The van der Waals surface area contributed by atoms with Crippen LogP contribution < -0.4 is 0 Å². The van der Waals surface area contributed by atoms with Gasteiger partial charge in [0.05, 0.1) is 0 Å². The number of fused-ring (bicyclic) bond motifs is 1. The minimum atomic E-state index is 0.114. The van der Waals surface area contributed by atoms with Crippen molar-refractivity contribution < 1.29 is 9.84 Å². The molecule has 0 aromatic carbocycles. The van der Waals surface area contributed by atoms with Crippen LogP contribution in [0.25, 0.3) is 0 Å². The van der Waals surface area contributed by atoms with E-state index in [4.69, 9.17) is 4.74 Å². The molecule has 0 radical (unpaired) electrons. The molecule has 0 saturated carbocycles. The number of allylic oxidation sites excluding steroid dienone is 4. The molecule has 1 saturated heterocycles. The molecule has 1 aliphatic heterocycles. The summed E-state index contributed by atoms with van der Waals surface area (Å²) in [6.45, 7) is 6.59. The highest BCUT2D eigenvalue weighted by Crippen LogP contribution is 2.50. The number of aliphatic hydroxyl groups is 1. The Hall–Kier alpha value is -1.18. The molecule has 0 amide bonds. The molecular formula is C18H28O2. The van der Waals surface area contributed by atoms with Crippen molar-refractivity contribution >= 4 is 0 Å². The van der Waals surface area contributed by atoms with Crippen LogP contribution in [-0.2, 0) is 4.74 Å². The molecule has 2 heteroatoms. The lowest BCUT2D eigenvalue weighted by atomic mass is 9.70. The summed E-state index contributed by atoms with van der Waals surface area (Å²) in [4.78, 5) is 0. The Kier molecular flexibility index (Phi) is 4.95. The van der Waals surface area contributed by atoms with Crippen molar-refractivity contribution in [3.05, 3.63) is 35.8 Å². The van der Waals surface area contributed by atoms with E-state index in [1.807, 2.05) is 12.2 Å². The zero-order valence-electron chi connectivity index (χ0n) is 13.1. The van der Waals surface area contributed by atoms with Gasteiger partial charge >= 0.3 is 0 Å². The fourth-order valence-electron chi connectivity index (χ4n) is 3.37. The maximum Gasteiger partial charge on any atom is 0.152 e. The third-order valence-electron chi connectivity index (χ3n) is 4.49. The van der Waals surface area contributed by atoms with Gasteiger partial charge in [-0.15, -0.1) is 0 Å². The van der Waals surface area contributed by atoms with Gasteiger partial charge in [-0.2, -0.15) is 0 Å². The quantitative estimate of drug-likeness (QED) is 0.546. The topological polar surface area (TPSA) is 29.5 Å². The Bertz CT molecular complexity index is 419. The minimum Gasteiger partial charge on any atom is -0.504 e. The highest BCUT2D eigenvalue weighted by Gasteiger charge is 2.47. The summed E-state index contributed by atoms with van der Waals surface area (Å²) in [7, 11) is 0. The van der Waals surface area contributed by atoms with Gasteiger partial charge in [0, 0.05) is 11.8 Å². The zero-order chi connectivity index (χ0) is 14.6.